The van der Waals surface area contributed by atoms with E-state index in [0.717, 1.165) is 42.4 Å². The lowest BCUT2D eigenvalue weighted by molar-refractivity contribution is 0.192. The standard InChI is InChI=1S/C19H20N2O3/c1-13-2-4-14(5-3-13)17-8-6-16(23-17)7-9-18-20-19(21-24-18)15-10-11-22-12-15/h2-6,8,15H,7,9-12H2,1H3/t15-/m0/s1. The van der Waals surface area contributed by atoms with Crippen molar-refractivity contribution in [2.75, 3.05) is 13.2 Å². The number of aryl methyl sites for hydroxylation is 3. The van der Waals surface area contributed by atoms with Crippen molar-refractivity contribution >= 4 is 0 Å². The Morgan fingerprint density at radius 1 is 1.08 bits per heavy atom. The van der Waals surface area contributed by atoms with Crippen LogP contribution in [0.3, 0.4) is 0 Å². The monoisotopic (exact) mass is 324 g/mol. The molecule has 0 spiro atoms. The Hall–Kier alpha value is -2.40. The zero-order valence-electron chi connectivity index (χ0n) is 13.7. The van der Waals surface area contributed by atoms with E-state index in [4.69, 9.17) is 13.7 Å². The number of nitrogens with zero attached hydrogens (tertiary/aromatic N) is 2. The Balaban J connectivity index is 1.38. The van der Waals surface area contributed by atoms with Crippen LogP contribution in [0.15, 0.2) is 45.3 Å². The molecule has 1 aromatic carbocycles. The van der Waals surface area contributed by atoms with Crippen LogP contribution in [0.1, 0.15) is 35.4 Å². The molecule has 2 aromatic heterocycles. The Kier molecular flexibility index (Phi) is 4.17. The molecule has 0 bridgehead atoms. The van der Waals surface area contributed by atoms with Gasteiger partial charge < -0.3 is 13.7 Å². The van der Waals surface area contributed by atoms with Crippen LogP contribution in [0.4, 0.5) is 0 Å². The lowest BCUT2D eigenvalue weighted by Gasteiger charge is -1.98. The lowest BCUT2D eigenvalue weighted by atomic mass is 10.1. The second-order valence-electron chi connectivity index (χ2n) is 6.24. The highest BCUT2D eigenvalue weighted by atomic mass is 16.5. The van der Waals surface area contributed by atoms with E-state index < -0.39 is 0 Å². The van der Waals surface area contributed by atoms with Gasteiger partial charge in [0, 0.05) is 30.9 Å². The largest absolute Gasteiger partial charge is 0.461 e. The molecule has 5 heteroatoms. The van der Waals surface area contributed by atoms with Gasteiger partial charge in [-0.05, 0) is 25.5 Å². The first-order chi connectivity index (χ1) is 11.8. The van der Waals surface area contributed by atoms with Gasteiger partial charge in [-0.15, -0.1) is 0 Å². The van der Waals surface area contributed by atoms with Gasteiger partial charge in [-0.3, -0.25) is 0 Å². The van der Waals surface area contributed by atoms with Gasteiger partial charge in [-0.1, -0.05) is 35.0 Å². The first-order valence-corrected chi connectivity index (χ1v) is 8.34. The van der Waals surface area contributed by atoms with Crippen LogP contribution in [0, 0.1) is 6.92 Å². The number of furan rings is 1. The van der Waals surface area contributed by atoms with E-state index in [-0.39, 0.29) is 5.92 Å². The number of benzene rings is 1. The van der Waals surface area contributed by atoms with Crippen molar-refractivity contribution in [1.82, 2.24) is 10.1 Å². The Bertz CT molecular complexity index is 798. The Morgan fingerprint density at radius 2 is 1.96 bits per heavy atom. The van der Waals surface area contributed by atoms with Gasteiger partial charge in [0.05, 0.1) is 6.61 Å². The van der Waals surface area contributed by atoms with E-state index in [1.54, 1.807) is 0 Å². The third-order valence-electron chi connectivity index (χ3n) is 4.36. The van der Waals surface area contributed by atoms with Crippen molar-refractivity contribution in [2.24, 2.45) is 0 Å². The molecule has 24 heavy (non-hydrogen) atoms. The van der Waals surface area contributed by atoms with Gasteiger partial charge in [0.1, 0.15) is 11.5 Å². The molecule has 1 aliphatic heterocycles. The van der Waals surface area contributed by atoms with Gasteiger partial charge in [-0.25, -0.2) is 0 Å². The highest BCUT2D eigenvalue weighted by Gasteiger charge is 2.23. The lowest BCUT2D eigenvalue weighted by Crippen LogP contribution is -2.00. The minimum atomic E-state index is 0.277. The maximum absolute atomic E-state index is 5.93. The van der Waals surface area contributed by atoms with Gasteiger partial charge in [0.25, 0.3) is 0 Å². The summed E-state index contributed by atoms with van der Waals surface area (Å²) in [6, 6.07) is 12.3. The smallest absolute Gasteiger partial charge is 0.227 e. The Labute approximate surface area is 140 Å². The fourth-order valence-corrected chi connectivity index (χ4v) is 2.89. The molecule has 5 nitrogen and oxygen atoms in total. The van der Waals surface area contributed by atoms with E-state index in [9.17, 15) is 0 Å². The minimum absolute atomic E-state index is 0.277. The highest BCUT2D eigenvalue weighted by Crippen LogP contribution is 2.24. The molecule has 0 aliphatic carbocycles. The van der Waals surface area contributed by atoms with Crippen LogP contribution in [0.5, 0.6) is 0 Å². The number of hydrogen-bond donors (Lipinski definition) is 0. The van der Waals surface area contributed by atoms with E-state index in [1.807, 2.05) is 12.1 Å². The number of hydrogen-bond acceptors (Lipinski definition) is 5. The first kappa shape index (κ1) is 15.1. The van der Waals surface area contributed by atoms with Crippen molar-refractivity contribution in [3.8, 4) is 11.3 Å². The summed E-state index contributed by atoms with van der Waals surface area (Å²) >= 11 is 0. The van der Waals surface area contributed by atoms with Gasteiger partial charge in [-0.2, -0.15) is 4.98 Å². The summed E-state index contributed by atoms with van der Waals surface area (Å²) in [4.78, 5) is 4.48. The molecule has 3 heterocycles. The van der Waals surface area contributed by atoms with E-state index in [1.165, 1.54) is 5.56 Å². The molecule has 0 unspecified atom stereocenters. The first-order valence-electron chi connectivity index (χ1n) is 8.34. The SMILES string of the molecule is Cc1ccc(-c2ccc(CCc3nc([C@H]4CCOC4)no3)o2)cc1. The molecule has 0 radical (unpaired) electrons. The van der Waals surface area contributed by atoms with Crippen molar-refractivity contribution < 1.29 is 13.7 Å². The maximum atomic E-state index is 5.93. The molecule has 4 rings (SSSR count). The van der Waals surface area contributed by atoms with Crippen LogP contribution in [-0.2, 0) is 17.6 Å². The van der Waals surface area contributed by atoms with Crippen LogP contribution >= 0.6 is 0 Å². The number of ether oxygens (including phenoxy) is 1. The Morgan fingerprint density at radius 3 is 2.75 bits per heavy atom. The normalized spacial score (nSPS) is 17.5. The second-order valence-corrected chi connectivity index (χ2v) is 6.24. The quantitative estimate of drug-likeness (QED) is 0.711. The van der Waals surface area contributed by atoms with E-state index in [0.29, 0.717) is 18.9 Å². The van der Waals surface area contributed by atoms with Crippen molar-refractivity contribution in [3.63, 3.8) is 0 Å². The molecular weight excluding hydrogens is 304 g/mol. The minimum Gasteiger partial charge on any atom is -0.461 e. The van der Waals surface area contributed by atoms with Crippen LogP contribution in [0.2, 0.25) is 0 Å². The van der Waals surface area contributed by atoms with Crippen LogP contribution in [0.25, 0.3) is 11.3 Å². The summed E-state index contributed by atoms with van der Waals surface area (Å²) in [7, 11) is 0. The molecule has 0 amide bonds. The van der Waals surface area contributed by atoms with Crippen molar-refractivity contribution in [1.29, 1.82) is 0 Å². The third kappa shape index (κ3) is 3.26. The molecule has 1 aliphatic rings. The van der Waals surface area contributed by atoms with E-state index >= 15 is 0 Å². The molecule has 1 saturated heterocycles. The van der Waals surface area contributed by atoms with Gasteiger partial charge in [0.2, 0.25) is 5.89 Å². The zero-order chi connectivity index (χ0) is 16.4. The molecule has 0 N–H and O–H groups in total. The summed E-state index contributed by atoms with van der Waals surface area (Å²) < 4.78 is 16.6. The summed E-state index contributed by atoms with van der Waals surface area (Å²) in [6.07, 6.45) is 2.40. The summed E-state index contributed by atoms with van der Waals surface area (Å²) in [6.45, 7) is 3.55. The van der Waals surface area contributed by atoms with Gasteiger partial charge >= 0.3 is 0 Å². The van der Waals surface area contributed by atoms with Crippen molar-refractivity contribution in [3.05, 3.63) is 59.4 Å². The molecular formula is C19H20N2O3. The highest BCUT2D eigenvalue weighted by molar-refractivity contribution is 5.57. The van der Waals surface area contributed by atoms with Crippen LogP contribution in [-0.4, -0.2) is 23.4 Å². The molecule has 1 atom stereocenters. The maximum Gasteiger partial charge on any atom is 0.227 e. The predicted octanol–water partition coefficient (Wildman–Crippen LogP) is 3.93. The third-order valence-corrected chi connectivity index (χ3v) is 4.36. The van der Waals surface area contributed by atoms with E-state index in [2.05, 4.69) is 41.3 Å². The summed E-state index contributed by atoms with van der Waals surface area (Å²) in [5.41, 5.74) is 2.33. The molecule has 3 aromatic rings. The zero-order valence-corrected chi connectivity index (χ0v) is 13.7. The molecule has 1 fully saturated rings. The number of aromatic nitrogens is 2. The second kappa shape index (κ2) is 6.61. The van der Waals surface area contributed by atoms with Crippen molar-refractivity contribution in [2.45, 2.75) is 32.1 Å². The predicted molar refractivity (Wildman–Crippen MR) is 88.8 cm³/mol. The summed E-state index contributed by atoms with van der Waals surface area (Å²) in [5.74, 6) is 3.51. The fourth-order valence-electron chi connectivity index (χ4n) is 2.89. The summed E-state index contributed by atoms with van der Waals surface area (Å²) in [5, 5.41) is 4.07. The molecule has 124 valence electrons. The topological polar surface area (TPSA) is 61.3 Å². The molecule has 0 saturated carbocycles. The number of rotatable bonds is 5. The van der Waals surface area contributed by atoms with Gasteiger partial charge in [0.15, 0.2) is 5.82 Å². The average molecular weight is 324 g/mol. The fraction of sp³-hybridized carbons (Fsp3) is 0.368. The van der Waals surface area contributed by atoms with Crippen LogP contribution < -0.4 is 0 Å². The average Bonchev–Trinajstić information content (AvgIpc) is 3.34.